The van der Waals surface area contributed by atoms with Crippen LogP contribution in [0, 0.1) is 11.3 Å². The molecular formula is C24H39N6O9PS. The maximum Gasteiger partial charge on any atom is 0.406 e. The zero-order chi connectivity index (χ0) is 30.5. The van der Waals surface area contributed by atoms with Gasteiger partial charge in [0.25, 0.3) is 5.56 Å². The predicted molar refractivity (Wildman–Crippen MR) is 152 cm³/mol. The fourth-order valence-corrected chi connectivity index (χ4v) is 6.39. The molecule has 1 saturated heterocycles. The molecule has 230 valence electrons. The van der Waals surface area contributed by atoms with E-state index in [1.807, 2.05) is 6.92 Å². The number of aromatic nitrogens is 4. The number of esters is 1. The highest BCUT2D eigenvalue weighted by atomic mass is 32.2. The molecule has 0 saturated carbocycles. The Hall–Kier alpha value is -2.33. The van der Waals surface area contributed by atoms with Gasteiger partial charge in [-0.1, -0.05) is 18.7 Å². The van der Waals surface area contributed by atoms with Gasteiger partial charge < -0.3 is 20.3 Å². The van der Waals surface area contributed by atoms with E-state index in [2.05, 4.69) is 20.0 Å². The number of hydrogen-bond donors (Lipinski definition) is 4. The van der Waals surface area contributed by atoms with Gasteiger partial charge in [0.1, 0.15) is 12.3 Å². The molecule has 15 nitrogen and oxygen atoms in total. The maximum absolute atomic E-state index is 13.7. The van der Waals surface area contributed by atoms with E-state index in [4.69, 9.17) is 24.3 Å². The lowest BCUT2D eigenvalue weighted by atomic mass is 9.97. The number of H-pyrrole nitrogens is 1. The van der Waals surface area contributed by atoms with E-state index in [1.165, 1.54) is 13.3 Å². The van der Waals surface area contributed by atoms with Crippen molar-refractivity contribution in [3.05, 3.63) is 16.7 Å². The van der Waals surface area contributed by atoms with Gasteiger partial charge in [0.05, 0.1) is 43.8 Å². The quantitative estimate of drug-likeness (QED) is 0.136. The lowest BCUT2D eigenvalue weighted by Crippen LogP contribution is -2.36. The summed E-state index contributed by atoms with van der Waals surface area (Å²) in [6.45, 7) is 9.43. The van der Waals surface area contributed by atoms with Crippen LogP contribution in [0.2, 0.25) is 0 Å². The van der Waals surface area contributed by atoms with E-state index in [9.17, 15) is 24.1 Å². The molecule has 17 heteroatoms. The number of nitrogen functional groups attached to an aromatic ring is 1. The number of nitrogens with one attached hydrogen (secondary N) is 2. The first-order valence-electron chi connectivity index (χ1n) is 13.2. The van der Waals surface area contributed by atoms with Crippen molar-refractivity contribution in [1.82, 2.24) is 24.6 Å². The average Bonchev–Trinajstić information content (AvgIpc) is 3.47. The molecule has 3 rings (SSSR count). The van der Waals surface area contributed by atoms with E-state index < -0.39 is 43.1 Å². The van der Waals surface area contributed by atoms with E-state index in [-0.39, 0.29) is 59.8 Å². The number of aliphatic hydroxyl groups is 1. The lowest BCUT2D eigenvalue weighted by molar-refractivity contribution is -0.149. The van der Waals surface area contributed by atoms with Gasteiger partial charge in [-0.05, 0) is 41.0 Å². The Kier molecular flexibility index (Phi) is 11.1. The van der Waals surface area contributed by atoms with Crippen LogP contribution in [0.15, 0.2) is 11.1 Å². The van der Waals surface area contributed by atoms with Crippen molar-refractivity contribution in [3.63, 3.8) is 0 Å². The molecule has 1 aliphatic rings. The number of ether oxygens (including phenoxy) is 2. The van der Waals surface area contributed by atoms with Gasteiger partial charge in [0.15, 0.2) is 16.3 Å². The van der Waals surface area contributed by atoms with Gasteiger partial charge in [0, 0.05) is 11.7 Å². The fourth-order valence-electron chi connectivity index (χ4n) is 3.96. The summed E-state index contributed by atoms with van der Waals surface area (Å²) in [5.74, 6) is -0.608. The number of aromatic amines is 1. The van der Waals surface area contributed by atoms with Crippen molar-refractivity contribution in [1.29, 1.82) is 0 Å². The second-order valence-corrected chi connectivity index (χ2v) is 13.6. The Morgan fingerprint density at radius 2 is 2.07 bits per heavy atom. The number of rotatable bonds is 14. The van der Waals surface area contributed by atoms with Crippen LogP contribution in [0.25, 0.3) is 11.2 Å². The topological polar surface area (TPSA) is 210 Å². The number of hydrogen-bond acceptors (Lipinski definition) is 13. The third-order valence-corrected chi connectivity index (χ3v) is 9.09. The van der Waals surface area contributed by atoms with Crippen molar-refractivity contribution in [3.8, 4) is 0 Å². The number of anilines is 1. The Morgan fingerprint density at radius 1 is 1.37 bits per heavy atom. The number of nitrogens with two attached hydrogens (primary N) is 1. The number of nitrogens with zero attached hydrogens (tertiary/aromatic N) is 3. The van der Waals surface area contributed by atoms with Gasteiger partial charge in [0.2, 0.25) is 5.95 Å². The van der Waals surface area contributed by atoms with E-state index in [0.29, 0.717) is 6.42 Å². The smallest absolute Gasteiger partial charge is 0.406 e. The molecule has 5 N–H and O–H groups in total. The molecule has 1 aliphatic heterocycles. The van der Waals surface area contributed by atoms with Crippen LogP contribution in [-0.2, 0) is 32.7 Å². The third kappa shape index (κ3) is 8.60. The second-order valence-electron chi connectivity index (χ2n) is 10.8. The molecule has 0 bridgehead atoms. The first kappa shape index (κ1) is 33.2. The largest absolute Gasteiger partial charge is 0.462 e. The summed E-state index contributed by atoms with van der Waals surface area (Å²) in [4.78, 5) is 47.5. The lowest BCUT2D eigenvalue weighted by Gasteiger charge is -2.24. The first-order valence-corrected chi connectivity index (χ1v) is 15.7. The molecule has 2 aromatic heterocycles. The molecule has 1 fully saturated rings. The van der Waals surface area contributed by atoms with Crippen molar-refractivity contribution in [2.75, 3.05) is 31.3 Å². The van der Waals surface area contributed by atoms with Crippen molar-refractivity contribution in [2.45, 2.75) is 72.4 Å². The standard InChI is InChI=1S/C24H39N6O9PS/c1-13(2)38-21(33)15(4)29-40(35,36-7-8-41-22(34)24(5,6)11-31)37-10-16-9-14(3)20(39-16)30-12-26-17-18(30)27-23(25)28-19(17)32/h12-16,20,31H,7-11H2,1-6H3,(H,29,35)(H3,25,27,28,32)/t14-,15+,16-,20+,40?/m0/s1. The van der Waals surface area contributed by atoms with Crippen LogP contribution in [0.3, 0.4) is 0 Å². The molecule has 2 aromatic rings. The minimum atomic E-state index is -4.08. The van der Waals surface area contributed by atoms with Crippen LogP contribution in [0.4, 0.5) is 5.95 Å². The zero-order valence-electron chi connectivity index (χ0n) is 24.0. The Bertz CT molecular complexity index is 1330. The predicted octanol–water partition coefficient (Wildman–Crippen LogP) is 1.97. The molecular weight excluding hydrogens is 579 g/mol. The number of carbonyl (C=O) groups excluding carboxylic acids is 2. The molecule has 41 heavy (non-hydrogen) atoms. The monoisotopic (exact) mass is 618 g/mol. The molecule has 0 amide bonds. The molecule has 0 spiro atoms. The highest BCUT2D eigenvalue weighted by molar-refractivity contribution is 8.13. The summed E-state index contributed by atoms with van der Waals surface area (Å²) in [7, 11) is -4.08. The third-order valence-electron chi connectivity index (χ3n) is 6.19. The fraction of sp³-hybridized carbons (Fsp3) is 0.708. The molecule has 0 aromatic carbocycles. The number of carbonyl (C=O) groups is 2. The van der Waals surface area contributed by atoms with E-state index in [0.717, 1.165) is 11.8 Å². The first-order chi connectivity index (χ1) is 19.2. The van der Waals surface area contributed by atoms with Crippen molar-refractivity contribution >= 4 is 47.7 Å². The maximum atomic E-state index is 13.7. The van der Waals surface area contributed by atoms with Crippen LogP contribution in [0.1, 0.15) is 54.2 Å². The summed E-state index contributed by atoms with van der Waals surface area (Å²) < 4.78 is 37.9. The summed E-state index contributed by atoms with van der Waals surface area (Å²) in [5.41, 5.74) is 4.71. The van der Waals surface area contributed by atoms with Crippen molar-refractivity contribution < 1.29 is 37.8 Å². The summed E-state index contributed by atoms with van der Waals surface area (Å²) >= 11 is 0.935. The summed E-state index contributed by atoms with van der Waals surface area (Å²) in [6.07, 6.45) is 0.507. The van der Waals surface area contributed by atoms with Gasteiger partial charge in [-0.15, -0.1) is 0 Å². The van der Waals surface area contributed by atoms with Crippen LogP contribution < -0.4 is 16.4 Å². The summed E-state index contributed by atoms with van der Waals surface area (Å²) in [6, 6.07) is -1.02. The Labute approximate surface area is 241 Å². The second kappa shape index (κ2) is 13.8. The summed E-state index contributed by atoms with van der Waals surface area (Å²) in [5, 5.41) is 11.8. The molecule has 5 atom stereocenters. The highest BCUT2D eigenvalue weighted by Gasteiger charge is 2.38. The van der Waals surface area contributed by atoms with Gasteiger partial charge >= 0.3 is 13.7 Å². The van der Waals surface area contributed by atoms with Crippen LogP contribution in [0.5, 0.6) is 0 Å². The number of aliphatic hydroxyl groups excluding tert-OH is 1. The molecule has 0 radical (unpaired) electrons. The van der Waals surface area contributed by atoms with Crippen molar-refractivity contribution in [2.24, 2.45) is 11.3 Å². The zero-order valence-corrected chi connectivity index (χ0v) is 25.7. The van der Waals surface area contributed by atoms with Crippen LogP contribution >= 0.6 is 19.5 Å². The van der Waals surface area contributed by atoms with Gasteiger partial charge in [-0.25, -0.2) is 14.6 Å². The minimum Gasteiger partial charge on any atom is -0.462 e. The van der Waals surface area contributed by atoms with Gasteiger partial charge in [-0.3, -0.25) is 33.0 Å². The van der Waals surface area contributed by atoms with E-state index >= 15 is 0 Å². The number of imidazole rings is 1. The molecule has 3 heterocycles. The Balaban J connectivity index is 1.67. The average molecular weight is 619 g/mol. The number of fused-ring (bicyclic) bond motifs is 1. The highest BCUT2D eigenvalue weighted by Crippen LogP contribution is 2.46. The molecule has 0 aliphatic carbocycles. The number of thioether (sulfide) groups is 1. The SMILES string of the molecule is CC(C)OC(=O)[C@@H](C)NP(=O)(OCCSC(=O)C(C)(C)CO)OC[C@@H]1C[C@H](C)[C@H](n2cnc3c(=O)[nH]c(N)nc32)O1. The Morgan fingerprint density at radius 3 is 2.73 bits per heavy atom. The molecule has 1 unspecified atom stereocenters. The normalized spacial score (nSPS) is 21.7. The minimum absolute atomic E-state index is 0.0520. The van der Waals surface area contributed by atoms with E-state index in [1.54, 1.807) is 32.3 Å². The van der Waals surface area contributed by atoms with Crippen LogP contribution in [-0.4, -0.2) is 79.5 Å². The van der Waals surface area contributed by atoms with Gasteiger partial charge in [-0.2, -0.15) is 4.98 Å².